The number of nitrogens with one attached hydrogen (secondary N) is 1. The van der Waals surface area contributed by atoms with Crippen molar-refractivity contribution in [2.75, 3.05) is 32.8 Å². The first kappa shape index (κ1) is 35.0. The summed E-state index contributed by atoms with van der Waals surface area (Å²) in [6, 6.07) is 21.6. The highest BCUT2D eigenvalue weighted by molar-refractivity contribution is 7.89. The number of rotatable bonds is 15. The highest BCUT2D eigenvalue weighted by atomic mass is 32.2. The minimum Gasteiger partial charge on any atom is -0.491 e. The molecule has 1 aliphatic rings. The Labute approximate surface area is 271 Å². The monoisotopic (exact) mass is 636 g/mol. The van der Waals surface area contributed by atoms with Crippen LogP contribution in [-0.4, -0.2) is 56.7 Å². The molecule has 0 aromatic heterocycles. The Morgan fingerprint density at radius 3 is 1.91 bits per heavy atom. The van der Waals surface area contributed by atoms with E-state index in [-0.39, 0.29) is 18.4 Å². The van der Waals surface area contributed by atoms with Gasteiger partial charge in [0.1, 0.15) is 30.8 Å². The minimum atomic E-state index is -3.62. The molecule has 0 bridgehead atoms. The second-order valence-electron chi connectivity index (χ2n) is 13.2. The number of ether oxygens (including phenoxy) is 2. The molecule has 246 valence electrons. The van der Waals surface area contributed by atoms with E-state index in [1.807, 2.05) is 54.6 Å². The van der Waals surface area contributed by atoms with Gasteiger partial charge in [-0.05, 0) is 89.6 Å². The maximum absolute atomic E-state index is 14.1. The van der Waals surface area contributed by atoms with Gasteiger partial charge in [-0.2, -0.15) is 4.31 Å². The van der Waals surface area contributed by atoms with E-state index in [2.05, 4.69) is 59.0 Å². The number of aliphatic hydroxyl groups excluding tert-OH is 1. The van der Waals surface area contributed by atoms with Gasteiger partial charge in [-0.1, -0.05) is 84.0 Å². The van der Waals surface area contributed by atoms with Crippen LogP contribution < -0.4 is 14.8 Å². The standard InChI is InChI=1S/C37H52N2O5S/c1-26(2)31-20-35(27(3)4)37(36(21-31)28(5)6)45(41,42)39-18-16-29(17-19-39)22-38-23-32(40)25-44-34-14-12-33(13-15-34)43-24-30-10-8-7-9-11-30/h7-15,20-21,26-29,32,38,40H,16-19,22-25H2,1-6H3/t32-/m0/s1. The molecular weight excluding hydrogens is 584 g/mol. The Balaban J connectivity index is 1.23. The molecule has 0 spiro atoms. The molecule has 2 N–H and O–H groups in total. The fourth-order valence-electron chi connectivity index (χ4n) is 5.75. The van der Waals surface area contributed by atoms with Gasteiger partial charge in [0.05, 0.1) is 4.90 Å². The van der Waals surface area contributed by atoms with Crippen molar-refractivity contribution in [1.82, 2.24) is 9.62 Å². The molecule has 3 aromatic rings. The molecule has 45 heavy (non-hydrogen) atoms. The van der Waals surface area contributed by atoms with Crippen LogP contribution in [0.4, 0.5) is 0 Å². The summed E-state index contributed by atoms with van der Waals surface area (Å²) in [6.07, 6.45) is 0.919. The molecule has 4 rings (SSSR count). The zero-order chi connectivity index (χ0) is 32.6. The Hall–Kier alpha value is -2.91. The average molecular weight is 637 g/mol. The van der Waals surface area contributed by atoms with Crippen LogP contribution in [0.2, 0.25) is 0 Å². The lowest BCUT2D eigenvalue weighted by molar-refractivity contribution is 0.104. The fraction of sp³-hybridized carbons (Fsp3) is 0.514. The van der Waals surface area contributed by atoms with Gasteiger partial charge in [-0.3, -0.25) is 0 Å². The normalized spacial score (nSPS) is 15.6. The van der Waals surface area contributed by atoms with E-state index in [1.54, 1.807) is 4.31 Å². The van der Waals surface area contributed by atoms with Gasteiger partial charge in [0.15, 0.2) is 0 Å². The summed E-state index contributed by atoms with van der Waals surface area (Å²) >= 11 is 0. The largest absolute Gasteiger partial charge is 0.491 e. The van der Waals surface area contributed by atoms with Crippen LogP contribution in [0.1, 0.15) is 94.4 Å². The molecule has 1 atom stereocenters. The zero-order valence-electron chi connectivity index (χ0n) is 27.8. The Morgan fingerprint density at radius 1 is 0.822 bits per heavy atom. The van der Waals surface area contributed by atoms with Gasteiger partial charge in [0.2, 0.25) is 10.0 Å². The number of hydrogen-bond acceptors (Lipinski definition) is 6. The topological polar surface area (TPSA) is 88.1 Å². The van der Waals surface area contributed by atoms with E-state index in [1.165, 1.54) is 5.56 Å². The van der Waals surface area contributed by atoms with Gasteiger partial charge >= 0.3 is 0 Å². The second kappa shape index (κ2) is 16.1. The molecule has 1 fully saturated rings. The number of aliphatic hydroxyl groups is 1. The predicted octanol–water partition coefficient (Wildman–Crippen LogP) is 7.07. The summed E-state index contributed by atoms with van der Waals surface area (Å²) in [4.78, 5) is 0.519. The maximum Gasteiger partial charge on any atom is 0.243 e. The lowest BCUT2D eigenvalue weighted by Gasteiger charge is -2.33. The lowest BCUT2D eigenvalue weighted by Crippen LogP contribution is -2.42. The van der Waals surface area contributed by atoms with Crippen LogP contribution in [-0.2, 0) is 16.6 Å². The van der Waals surface area contributed by atoms with Crippen LogP contribution in [0.3, 0.4) is 0 Å². The van der Waals surface area contributed by atoms with E-state index in [0.717, 1.165) is 41.8 Å². The van der Waals surface area contributed by atoms with Gasteiger partial charge in [0, 0.05) is 19.6 Å². The summed E-state index contributed by atoms with van der Waals surface area (Å²) in [6.45, 7) is 15.5. The van der Waals surface area contributed by atoms with Gasteiger partial charge in [-0.15, -0.1) is 0 Å². The van der Waals surface area contributed by atoms with E-state index >= 15 is 0 Å². The molecule has 0 unspecified atom stereocenters. The first-order valence-corrected chi connectivity index (χ1v) is 17.9. The summed E-state index contributed by atoms with van der Waals surface area (Å²) in [5, 5.41) is 13.8. The molecule has 3 aromatic carbocycles. The third-order valence-electron chi connectivity index (χ3n) is 8.58. The van der Waals surface area contributed by atoms with Crippen molar-refractivity contribution < 1.29 is 23.0 Å². The van der Waals surface area contributed by atoms with Crippen molar-refractivity contribution in [3.8, 4) is 11.5 Å². The quantitative estimate of drug-likeness (QED) is 0.186. The number of nitrogens with zero attached hydrogens (tertiary/aromatic N) is 1. The highest BCUT2D eigenvalue weighted by Crippen LogP contribution is 2.37. The third kappa shape index (κ3) is 9.55. The molecule has 1 aliphatic heterocycles. The van der Waals surface area contributed by atoms with Gasteiger partial charge in [-0.25, -0.2) is 8.42 Å². The molecule has 0 saturated carbocycles. The highest BCUT2D eigenvalue weighted by Gasteiger charge is 2.34. The third-order valence-corrected chi connectivity index (χ3v) is 10.6. The second-order valence-corrected chi connectivity index (χ2v) is 15.1. The summed E-state index contributed by atoms with van der Waals surface area (Å²) < 4.78 is 41.5. The predicted molar refractivity (Wildman–Crippen MR) is 182 cm³/mol. The maximum atomic E-state index is 14.1. The molecule has 0 amide bonds. The summed E-state index contributed by atoms with van der Waals surface area (Å²) in [5.41, 5.74) is 4.16. The van der Waals surface area contributed by atoms with Crippen LogP contribution in [0.5, 0.6) is 11.5 Å². The Kier molecular flexibility index (Phi) is 12.5. The molecule has 8 heteroatoms. The first-order chi connectivity index (χ1) is 21.5. The van der Waals surface area contributed by atoms with E-state index in [9.17, 15) is 13.5 Å². The van der Waals surface area contributed by atoms with Crippen molar-refractivity contribution in [3.05, 3.63) is 89.0 Å². The number of benzene rings is 3. The molecule has 1 saturated heterocycles. The summed E-state index contributed by atoms with van der Waals surface area (Å²) in [7, 11) is -3.62. The van der Waals surface area contributed by atoms with Crippen molar-refractivity contribution in [2.45, 2.75) is 89.7 Å². The van der Waals surface area contributed by atoms with Gasteiger partial charge in [0.25, 0.3) is 0 Å². The molecule has 0 radical (unpaired) electrons. The number of hydrogen-bond donors (Lipinski definition) is 2. The van der Waals surface area contributed by atoms with Crippen LogP contribution >= 0.6 is 0 Å². The first-order valence-electron chi connectivity index (χ1n) is 16.4. The lowest BCUT2D eigenvalue weighted by atomic mass is 9.89. The van der Waals surface area contributed by atoms with Crippen LogP contribution in [0.15, 0.2) is 71.6 Å². The molecule has 7 nitrogen and oxygen atoms in total. The Morgan fingerprint density at radius 2 is 1.38 bits per heavy atom. The molecule has 0 aliphatic carbocycles. The van der Waals surface area contributed by atoms with Crippen molar-refractivity contribution in [1.29, 1.82) is 0 Å². The molecule has 1 heterocycles. The Bertz CT molecular complexity index is 1420. The smallest absolute Gasteiger partial charge is 0.243 e. The van der Waals surface area contributed by atoms with Crippen molar-refractivity contribution in [2.24, 2.45) is 5.92 Å². The van der Waals surface area contributed by atoms with E-state index < -0.39 is 16.1 Å². The van der Waals surface area contributed by atoms with Crippen LogP contribution in [0, 0.1) is 5.92 Å². The summed E-state index contributed by atoms with van der Waals surface area (Å²) in [5.74, 6) is 2.35. The minimum absolute atomic E-state index is 0.112. The number of piperidine rings is 1. The average Bonchev–Trinajstić information content (AvgIpc) is 3.03. The zero-order valence-corrected chi connectivity index (χ0v) is 28.6. The van der Waals surface area contributed by atoms with Crippen molar-refractivity contribution in [3.63, 3.8) is 0 Å². The van der Waals surface area contributed by atoms with Crippen LogP contribution in [0.25, 0.3) is 0 Å². The SMILES string of the molecule is CC(C)c1cc(C(C)C)c(S(=O)(=O)N2CCC(CNC[C@H](O)COc3ccc(OCc4ccccc4)cc3)CC2)c(C(C)C)c1. The van der Waals surface area contributed by atoms with E-state index in [0.29, 0.717) is 48.7 Å². The van der Waals surface area contributed by atoms with Crippen molar-refractivity contribution >= 4 is 10.0 Å². The fourth-order valence-corrected chi connectivity index (χ4v) is 7.88. The van der Waals surface area contributed by atoms with Gasteiger partial charge < -0.3 is 19.9 Å². The molecular formula is C37H52N2O5S. The number of sulfonamides is 1. The van der Waals surface area contributed by atoms with E-state index in [4.69, 9.17) is 9.47 Å².